The van der Waals surface area contributed by atoms with E-state index in [-0.39, 0.29) is 16.3 Å². The van der Waals surface area contributed by atoms with Crippen LogP contribution in [0.1, 0.15) is 5.56 Å². The number of alkyl halides is 2. The van der Waals surface area contributed by atoms with Gasteiger partial charge in [0, 0.05) is 10.6 Å². The largest absolute Gasteiger partial charge is 0.434 e. The second-order valence-electron chi connectivity index (χ2n) is 3.10. The highest BCUT2D eigenvalue weighted by Crippen LogP contribution is 2.26. The number of hydrogen-bond acceptors (Lipinski definition) is 4. The Morgan fingerprint density at radius 1 is 1.41 bits per heavy atom. The Morgan fingerprint density at radius 2 is 2.06 bits per heavy atom. The fourth-order valence-electron chi connectivity index (χ4n) is 1.02. The molecule has 0 amide bonds. The van der Waals surface area contributed by atoms with Crippen LogP contribution in [-0.4, -0.2) is 21.3 Å². The minimum Gasteiger partial charge on any atom is -0.434 e. The van der Waals surface area contributed by atoms with Crippen LogP contribution in [0.3, 0.4) is 0 Å². The van der Waals surface area contributed by atoms with Gasteiger partial charge in [0.25, 0.3) is 10.1 Å². The molecule has 0 radical (unpaired) electrons. The van der Waals surface area contributed by atoms with Gasteiger partial charge in [-0.2, -0.15) is 17.2 Å². The molecule has 8 heteroatoms. The van der Waals surface area contributed by atoms with E-state index in [1.807, 2.05) is 0 Å². The summed E-state index contributed by atoms with van der Waals surface area (Å²) < 4.78 is 54.4. The first kappa shape index (κ1) is 14.1. The first-order valence-corrected chi connectivity index (χ1v) is 6.55. The first-order valence-electron chi connectivity index (χ1n) is 4.35. The van der Waals surface area contributed by atoms with E-state index in [0.717, 1.165) is 12.3 Å². The van der Waals surface area contributed by atoms with E-state index in [2.05, 4.69) is 8.92 Å². The van der Waals surface area contributed by atoms with E-state index >= 15 is 0 Å². The molecule has 0 atom stereocenters. The molecule has 0 spiro atoms. The van der Waals surface area contributed by atoms with Gasteiger partial charge in [0.05, 0.1) is 12.9 Å². The highest BCUT2D eigenvalue weighted by Gasteiger charge is 2.12. The van der Waals surface area contributed by atoms with E-state index in [0.29, 0.717) is 0 Å². The molecule has 0 N–H and O–H groups in total. The molecule has 0 aromatic heterocycles. The van der Waals surface area contributed by atoms with Crippen molar-refractivity contribution in [1.82, 2.24) is 0 Å². The summed E-state index contributed by atoms with van der Waals surface area (Å²) in [6.07, 6.45) is 0.858. The molecule has 1 aromatic rings. The van der Waals surface area contributed by atoms with Gasteiger partial charge in [-0.3, -0.25) is 4.18 Å². The zero-order valence-corrected chi connectivity index (χ0v) is 10.3. The second-order valence-corrected chi connectivity index (χ2v) is 5.18. The van der Waals surface area contributed by atoms with E-state index < -0.39 is 23.3 Å². The third-order valence-corrected chi connectivity index (χ3v) is 2.45. The average molecular weight is 287 g/mol. The molecule has 0 fully saturated rings. The van der Waals surface area contributed by atoms with Crippen molar-refractivity contribution in [2.45, 2.75) is 13.2 Å². The lowest BCUT2D eigenvalue weighted by Gasteiger charge is -2.10. The summed E-state index contributed by atoms with van der Waals surface area (Å²) in [6.45, 7) is -3.41. The monoisotopic (exact) mass is 286 g/mol. The van der Waals surface area contributed by atoms with Gasteiger partial charge >= 0.3 is 6.61 Å². The number of ether oxygens (including phenoxy) is 1. The third-order valence-electron chi connectivity index (χ3n) is 1.67. The smallest absolute Gasteiger partial charge is 0.387 e. The van der Waals surface area contributed by atoms with Crippen molar-refractivity contribution in [2.24, 2.45) is 0 Å². The van der Waals surface area contributed by atoms with Crippen LogP contribution in [0.15, 0.2) is 18.2 Å². The quantitative estimate of drug-likeness (QED) is 0.780. The van der Waals surface area contributed by atoms with Crippen LogP contribution in [0.4, 0.5) is 8.78 Å². The van der Waals surface area contributed by atoms with Crippen LogP contribution in [0.25, 0.3) is 0 Å². The lowest BCUT2D eigenvalue weighted by molar-refractivity contribution is -0.0508. The molecule has 0 saturated carbocycles. The molecule has 0 bridgehead atoms. The molecule has 0 saturated heterocycles. The van der Waals surface area contributed by atoms with Gasteiger partial charge in [-0.05, 0) is 12.1 Å². The van der Waals surface area contributed by atoms with Gasteiger partial charge in [-0.25, -0.2) is 0 Å². The standard InChI is InChI=1S/C9H9ClF2O4S/c1-17(13,14)15-5-6-2-3-7(10)4-8(6)16-9(11)12/h2-4,9H,5H2,1H3. The molecule has 1 rings (SSSR count). The first-order chi connectivity index (χ1) is 7.78. The predicted octanol–water partition coefficient (Wildman–Crippen LogP) is 2.42. The fourth-order valence-corrected chi connectivity index (χ4v) is 1.53. The molecule has 0 aliphatic rings. The zero-order valence-electron chi connectivity index (χ0n) is 8.69. The molecule has 0 unspecified atom stereocenters. The van der Waals surface area contributed by atoms with Crippen molar-refractivity contribution in [3.05, 3.63) is 28.8 Å². The highest BCUT2D eigenvalue weighted by atomic mass is 35.5. The summed E-state index contributed by atoms with van der Waals surface area (Å²) in [5.41, 5.74) is 0.167. The summed E-state index contributed by atoms with van der Waals surface area (Å²) in [5, 5.41) is 0.198. The normalized spacial score (nSPS) is 11.8. The number of hydrogen-bond donors (Lipinski definition) is 0. The summed E-state index contributed by atoms with van der Waals surface area (Å²) in [4.78, 5) is 0. The van der Waals surface area contributed by atoms with Crippen molar-refractivity contribution in [1.29, 1.82) is 0 Å². The second kappa shape index (κ2) is 5.61. The van der Waals surface area contributed by atoms with Gasteiger partial charge in [0.1, 0.15) is 5.75 Å². The van der Waals surface area contributed by atoms with Crippen molar-refractivity contribution >= 4 is 21.7 Å². The van der Waals surface area contributed by atoms with Crippen LogP contribution >= 0.6 is 11.6 Å². The molecule has 0 aliphatic heterocycles. The Hall–Kier alpha value is -0.920. The van der Waals surface area contributed by atoms with E-state index in [1.54, 1.807) is 0 Å². The Kier molecular flexibility index (Phi) is 4.67. The Bertz CT molecular complexity index is 490. The topological polar surface area (TPSA) is 52.6 Å². The average Bonchev–Trinajstić information content (AvgIpc) is 2.14. The van der Waals surface area contributed by atoms with Crippen LogP contribution in [-0.2, 0) is 20.9 Å². The molecule has 4 nitrogen and oxygen atoms in total. The number of halogens is 3. The van der Waals surface area contributed by atoms with Gasteiger partial charge in [0.15, 0.2) is 0 Å². The van der Waals surface area contributed by atoms with Gasteiger partial charge < -0.3 is 4.74 Å². The van der Waals surface area contributed by atoms with Crippen molar-refractivity contribution in [3.8, 4) is 5.75 Å². The lowest BCUT2D eigenvalue weighted by atomic mass is 10.2. The van der Waals surface area contributed by atoms with Gasteiger partial charge in [-0.15, -0.1) is 0 Å². The van der Waals surface area contributed by atoms with E-state index in [9.17, 15) is 17.2 Å². The SMILES string of the molecule is CS(=O)(=O)OCc1ccc(Cl)cc1OC(F)F. The molecular weight excluding hydrogens is 278 g/mol. The Balaban J connectivity index is 2.90. The third kappa shape index (κ3) is 5.29. The van der Waals surface area contributed by atoms with E-state index in [4.69, 9.17) is 11.6 Å². The van der Waals surface area contributed by atoms with Gasteiger partial charge in [-0.1, -0.05) is 17.7 Å². The molecule has 17 heavy (non-hydrogen) atoms. The Morgan fingerprint density at radius 3 is 2.59 bits per heavy atom. The maximum atomic E-state index is 12.1. The van der Waals surface area contributed by atoms with Crippen molar-refractivity contribution < 1.29 is 26.1 Å². The molecular formula is C9H9ClF2O4S. The fraction of sp³-hybridized carbons (Fsp3) is 0.333. The molecule has 1 aromatic carbocycles. The minimum absolute atomic E-state index is 0.167. The summed E-state index contributed by atoms with van der Waals surface area (Å²) >= 11 is 5.61. The lowest BCUT2D eigenvalue weighted by Crippen LogP contribution is -2.07. The number of rotatable bonds is 5. The summed E-state index contributed by atoms with van der Waals surface area (Å²) in [5.74, 6) is -0.212. The maximum Gasteiger partial charge on any atom is 0.387 e. The molecule has 0 aliphatic carbocycles. The maximum absolute atomic E-state index is 12.1. The van der Waals surface area contributed by atoms with Crippen LogP contribution in [0, 0.1) is 0 Å². The molecule has 96 valence electrons. The van der Waals surface area contributed by atoms with E-state index in [1.165, 1.54) is 12.1 Å². The summed E-state index contributed by atoms with van der Waals surface area (Å²) in [7, 11) is -3.65. The van der Waals surface area contributed by atoms with Crippen LogP contribution < -0.4 is 4.74 Å². The van der Waals surface area contributed by atoms with Crippen LogP contribution in [0.2, 0.25) is 5.02 Å². The summed E-state index contributed by atoms with van der Waals surface area (Å²) in [6, 6.07) is 3.93. The van der Waals surface area contributed by atoms with Crippen molar-refractivity contribution in [2.75, 3.05) is 6.26 Å². The highest BCUT2D eigenvalue weighted by molar-refractivity contribution is 7.85. The van der Waals surface area contributed by atoms with Crippen LogP contribution in [0.5, 0.6) is 5.75 Å². The van der Waals surface area contributed by atoms with Gasteiger partial charge in [0.2, 0.25) is 0 Å². The number of benzene rings is 1. The Labute approximate surface area is 102 Å². The molecule has 0 heterocycles. The van der Waals surface area contributed by atoms with Crippen molar-refractivity contribution in [3.63, 3.8) is 0 Å². The predicted molar refractivity (Wildman–Crippen MR) is 57.7 cm³/mol. The minimum atomic E-state index is -3.65. The zero-order chi connectivity index (χ0) is 13.1.